The van der Waals surface area contributed by atoms with Crippen molar-refractivity contribution >= 4 is 23.6 Å². The summed E-state index contributed by atoms with van der Waals surface area (Å²) in [4.78, 5) is 36.4. The molecule has 9 heteroatoms. The third-order valence-electron chi connectivity index (χ3n) is 3.69. The fourth-order valence-electron chi connectivity index (χ4n) is 2.46. The highest BCUT2D eigenvalue weighted by Crippen LogP contribution is 2.32. The van der Waals surface area contributed by atoms with Crippen LogP contribution in [0.25, 0.3) is 0 Å². The Morgan fingerprint density at radius 3 is 2.24 bits per heavy atom. The zero-order valence-electron chi connectivity index (χ0n) is 16.2. The van der Waals surface area contributed by atoms with Gasteiger partial charge in [0.2, 0.25) is 6.79 Å². The number of benzene rings is 2. The molecule has 1 aliphatic heterocycles. The molecule has 29 heavy (non-hydrogen) atoms. The maximum absolute atomic E-state index is 12.3. The van der Waals surface area contributed by atoms with Crippen molar-refractivity contribution in [1.82, 2.24) is 10.9 Å². The van der Waals surface area contributed by atoms with Crippen LogP contribution in [-0.2, 0) is 4.74 Å². The van der Waals surface area contributed by atoms with Gasteiger partial charge in [-0.2, -0.15) is 0 Å². The lowest BCUT2D eigenvalue weighted by atomic mass is 10.2. The summed E-state index contributed by atoms with van der Waals surface area (Å²) in [6.07, 6.45) is -0.633. The van der Waals surface area contributed by atoms with Crippen molar-refractivity contribution in [2.45, 2.75) is 26.4 Å². The average Bonchev–Trinajstić information content (AvgIpc) is 3.12. The smallest absolute Gasteiger partial charge is 0.412 e. The highest BCUT2D eigenvalue weighted by molar-refractivity contribution is 6.00. The molecular weight excluding hydrogens is 378 g/mol. The first-order valence-corrected chi connectivity index (χ1v) is 8.82. The fourth-order valence-corrected chi connectivity index (χ4v) is 2.46. The summed E-state index contributed by atoms with van der Waals surface area (Å²) in [7, 11) is 0. The highest BCUT2D eigenvalue weighted by atomic mass is 16.7. The third-order valence-corrected chi connectivity index (χ3v) is 3.69. The largest absolute Gasteiger partial charge is 0.454 e. The molecule has 1 aliphatic rings. The minimum Gasteiger partial charge on any atom is -0.454 e. The number of hydrogen-bond donors (Lipinski definition) is 3. The van der Waals surface area contributed by atoms with E-state index in [1.807, 2.05) is 0 Å². The summed E-state index contributed by atoms with van der Waals surface area (Å²) >= 11 is 0. The maximum atomic E-state index is 12.3. The van der Waals surface area contributed by atoms with Crippen LogP contribution >= 0.6 is 0 Å². The van der Waals surface area contributed by atoms with Gasteiger partial charge in [0.25, 0.3) is 11.8 Å². The number of amides is 3. The molecule has 2 aromatic carbocycles. The molecule has 0 fully saturated rings. The van der Waals surface area contributed by atoms with E-state index in [4.69, 9.17) is 14.2 Å². The third kappa shape index (κ3) is 5.38. The van der Waals surface area contributed by atoms with Crippen LogP contribution in [0.2, 0.25) is 0 Å². The summed E-state index contributed by atoms with van der Waals surface area (Å²) in [6, 6.07) is 10.9. The Hall–Kier alpha value is -3.75. The van der Waals surface area contributed by atoms with E-state index >= 15 is 0 Å². The number of hydrazine groups is 1. The van der Waals surface area contributed by atoms with E-state index in [2.05, 4.69) is 16.2 Å². The van der Waals surface area contributed by atoms with Crippen molar-refractivity contribution in [3.05, 3.63) is 53.6 Å². The summed E-state index contributed by atoms with van der Waals surface area (Å²) in [5.41, 5.74) is 4.95. The number of hydrogen-bond acceptors (Lipinski definition) is 6. The molecule has 3 N–H and O–H groups in total. The lowest BCUT2D eigenvalue weighted by Crippen LogP contribution is -2.41. The Morgan fingerprint density at radius 1 is 0.897 bits per heavy atom. The summed E-state index contributed by atoms with van der Waals surface area (Å²) < 4.78 is 15.6. The molecule has 1 heterocycles. The number of rotatable bonds is 3. The highest BCUT2D eigenvalue weighted by Gasteiger charge is 2.18. The van der Waals surface area contributed by atoms with Crippen LogP contribution in [0.1, 0.15) is 41.5 Å². The van der Waals surface area contributed by atoms with Crippen LogP contribution in [-0.4, -0.2) is 30.3 Å². The van der Waals surface area contributed by atoms with E-state index < -0.39 is 23.5 Å². The molecule has 0 unspecified atom stereocenters. The Morgan fingerprint density at radius 2 is 1.55 bits per heavy atom. The van der Waals surface area contributed by atoms with E-state index in [1.54, 1.807) is 51.1 Å². The minimum atomic E-state index is -0.641. The first kappa shape index (κ1) is 20.0. The second-order valence-corrected chi connectivity index (χ2v) is 7.18. The van der Waals surface area contributed by atoms with Gasteiger partial charge in [-0.3, -0.25) is 25.8 Å². The van der Waals surface area contributed by atoms with Crippen molar-refractivity contribution in [2.24, 2.45) is 0 Å². The van der Waals surface area contributed by atoms with Crippen LogP contribution < -0.4 is 25.6 Å². The maximum Gasteiger partial charge on any atom is 0.412 e. The van der Waals surface area contributed by atoms with Gasteiger partial charge >= 0.3 is 6.09 Å². The van der Waals surface area contributed by atoms with Crippen molar-refractivity contribution in [3.63, 3.8) is 0 Å². The Balaban J connectivity index is 1.58. The molecule has 9 nitrogen and oxygen atoms in total. The summed E-state index contributed by atoms with van der Waals surface area (Å²) in [5.74, 6) is -0.0450. The molecule has 3 amide bonds. The van der Waals surface area contributed by atoms with Crippen molar-refractivity contribution in [3.8, 4) is 11.5 Å². The van der Waals surface area contributed by atoms with Gasteiger partial charge in [-0.25, -0.2) is 4.79 Å². The Kier molecular flexibility index (Phi) is 5.58. The SMILES string of the molecule is CC(C)(C)OC(=O)Nc1cccc(C(=O)NNC(=O)c2ccc3c(c2)OCO3)c1. The molecule has 0 saturated heterocycles. The predicted octanol–water partition coefficient (Wildman–Crippen LogP) is 2.84. The van der Waals surface area contributed by atoms with Crippen LogP contribution in [0.3, 0.4) is 0 Å². The van der Waals surface area contributed by atoms with Gasteiger partial charge in [0.1, 0.15) is 5.60 Å². The number of nitrogens with one attached hydrogen (secondary N) is 3. The van der Waals surface area contributed by atoms with Crippen LogP contribution in [0.5, 0.6) is 11.5 Å². The van der Waals surface area contributed by atoms with Crippen molar-refractivity contribution in [2.75, 3.05) is 12.1 Å². The first-order valence-electron chi connectivity index (χ1n) is 8.82. The molecule has 3 rings (SSSR count). The van der Waals surface area contributed by atoms with Gasteiger partial charge in [0, 0.05) is 16.8 Å². The molecule has 0 spiro atoms. The predicted molar refractivity (Wildman–Crippen MR) is 104 cm³/mol. The molecule has 0 radical (unpaired) electrons. The normalized spacial score (nSPS) is 12.1. The van der Waals surface area contributed by atoms with Crippen molar-refractivity contribution in [1.29, 1.82) is 0 Å². The molecular formula is C20H21N3O6. The van der Waals surface area contributed by atoms with E-state index in [0.29, 0.717) is 22.7 Å². The average molecular weight is 399 g/mol. The number of ether oxygens (including phenoxy) is 3. The van der Waals surface area contributed by atoms with E-state index in [-0.39, 0.29) is 12.4 Å². The number of anilines is 1. The van der Waals surface area contributed by atoms with Crippen molar-refractivity contribution < 1.29 is 28.6 Å². The van der Waals surface area contributed by atoms with Gasteiger partial charge in [0.15, 0.2) is 11.5 Å². The molecule has 152 valence electrons. The van der Waals surface area contributed by atoms with Gasteiger partial charge < -0.3 is 14.2 Å². The van der Waals surface area contributed by atoms with Crippen LogP contribution in [0.15, 0.2) is 42.5 Å². The lowest BCUT2D eigenvalue weighted by Gasteiger charge is -2.19. The zero-order chi connectivity index (χ0) is 21.0. The molecule has 0 bridgehead atoms. The van der Waals surface area contributed by atoms with Crippen LogP contribution in [0, 0.1) is 0 Å². The van der Waals surface area contributed by atoms with Gasteiger partial charge in [-0.1, -0.05) is 6.07 Å². The first-order chi connectivity index (χ1) is 13.7. The number of carbonyl (C=O) groups is 3. The standard InChI is InChI=1S/C20H21N3O6/c1-20(2,3)29-19(26)21-14-6-4-5-12(9-14)17(24)22-23-18(25)13-7-8-15-16(10-13)28-11-27-15/h4-10H,11H2,1-3H3,(H,21,26)(H,22,24)(H,23,25). The topological polar surface area (TPSA) is 115 Å². The number of fused-ring (bicyclic) bond motifs is 1. The van der Waals surface area contributed by atoms with Gasteiger partial charge in [-0.15, -0.1) is 0 Å². The van der Waals surface area contributed by atoms with E-state index in [0.717, 1.165) is 0 Å². The number of carbonyl (C=O) groups excluding carboxylic acids is 3. The molecule has 0 saturated carbocycles. The van der Waals surface area contributed by atoms with Crippen LogP contribution in [0.4, 0.5) is 10.5 Å². The zero-order valence-corrected chi connectivity index (χ0v) is 16.2. The lowest BCUT2D eigenvalue weighted by molar-refractivity contribution is 0.0635. The van der Waals surface area contributed by atoms with E-state index in [9.17, 15) is 14.4 Å². The Bertz CT molecular complexity index is 951. The molecule has 0 aliphatic carbocycles. The summed E-state index contributed by atoms with van der Waals surface area (Å²) in [6.45, 7) is 5.35. The second kappa shape index (κ2) is 8.09. The summed E-state index contributed by atoms with van der Waals surface area (Å²) in [5, 5.41) is 2.55. The second-order valence-electron chi connectivity index (χ2n) is 7.18. The van der Waals surface area contributed by atoms with Gasteiger partial charge in [0.05, 0.1) is 0 Å². The van der Waals surface area contributed by atoms with E-state index in [1.165, 1.54) is 12.1 Å². The fraction of sp³-hybridized carbons (Fsp3) is 0.250. The molecule has 0 aromatic heterocycles. The molecule has 2 aromatic rings. The monoisotopic (exact) mass is 399 g/mol. The quantitative estimate of drug-likeness (QED) is 0.684. The van der Waals surface area contributed by atoms with Gasteiger partial charge in [-0.05, 0) is 57.2 Å². The molecule has 0 atom stereocenters. The Labute approximate surface area is 167 Å². The minimum absolute atomic E-state index is 0.102.